The fourth-order valence-electron chi connectivity index (χ4n) is 2.38. The summed E-state index contributed by atoms with van der Waals surface area (Å²) in [5.74, 6) is -0.987. The number of anilines is 1. The van der Waals surface area contributed by atoms with Crippen molar-refractivity contribution in [2.45, 2.75) is 16.3 Å². The number of nitrogens with one attached hydrogen (secondary N) is 1. The number of nitrogens with two attached hydrogens (primary N) is 1. The minimum atomic E-state index is -1.12. The molecule has 0 aliphatic carbocycles. The Balaban J connectivity index is 1.86. The maximum absolute atomic E-state index is 11.9. The van der Waals surface area contributed by atoms with E-state index in [4.69, 9.17) is 11.0 Å². The number of hydrogen-bond donors (Lipinski definition) is 3. The van der Waals surface area contributed by atoms with Crippen LogP contribution >= 0.6 is 23.5 Å². The van der Waals surface area contributed by atoms with Crippen molar-refractivity contribution >= 4 is 41.1 Å². The Hall–Kier alpha value is -2.15. The molecule has 2 heterocycles. The minimum absolute atomic E-state index is 0.0182. The number of nitrogens with zero attached hydrogens (tertiary/aromatic N) is 2. The third kappa shape index (κ3) is 2.76. The summed E-state index contributed by atoms with van der Waals surface area (Å²) in [4.78, 5) is 26.2. The van der Waals surface area contributed by atoms with Gasteiger partial charge in [-0.3, -0.25) is 15.0 Å². The molecular formula is C14H12N4O3S2. The first-order valence-electron chi connectivity index (χ1n) is 6.62. The third-order valence-corrected chi connectivity index (χ3v) is 6.05. The van der Waals surface area contributed by atoms with Crippen LogP contribution in [-0.4, -0.2) is 39.1 Å². The Bertz CT molecular complexity index is 741. The van der Waals surface area contributed by atoms with E-state index in [0.717, 1.165) is 4.90 Å². The minimum Gasteiger partial charge on any atom is -0.477 e. The number of aliphatic carboxylic acids is 1. The summed E-state index contributed by atoms with van der Waals surface area (Å²) >= 11 is 2.77. The Morgan fingerprint density at radius 1 is 1.48 bits per heavy atom. The Morgan fingerprint density at radius 3 is 2.78 bits per heavy atom. The molecule has 0 unspecified atom stereocenters. The number of rotatable bonds is 4. The van der Waals surface area contributed by atoms with Crippen molar-refractivity contribution < 1.29 is 14.7 Å². The molecule has 2 aliphatic heterocycles. The molecule has 0 saturated carbocycles. The maximum Gasteiger partial charge on any atom is 0.353 e. The van der Waals surface area contributed by atoms with Crippen LogP contribution in [0, 0.1) is 11.5 Å². The van der Waals surface area contributed by atoms with E-state index in [2.05, 4.69) is 5.32 Å². The lowest BCUT2D eigenvalue weighted by molar-refractivity contribution is -0.147. The van der Waals surface area contributed by atoms with Crippen LogP contribution in [0.4, 0.5) is 5.69 Å². The molecule has 4 N–H and O–H groups in total. The van der Waals surface area contributed by atoms with Gasteiger partial charge in [0.05, 0.1) is 0 Å². The smallest absolute Gasteiger partial charge is 0.353 e. The molecule has 0 bridgehead atoms. The molecule has 3 rings (SSSR count). The van der Waals surface area contributed by atoms with Crippen LogP contribution < -0.4 is 11.1 Å². The summed E-state index contributed by atoms with van der Waals surface area (Å²) in [6.45, 7) is 0. The Kier molecular flexibility index (Phi) is 4.21. The molecule has 0 radical (unpaired) electrons. The maximum atomic E-state index is 11.9. The third-order valence-electron chi connectivity index (χ3n) is 3.47. The van der Waals surface area contributed by atoms with Crippen LogP contribution in [0.1, 0.15) is 0 Å². The summed E-state index contributed by atoms with van der Waals surface area (Å²) < 4.78 is 0. The van der Waals surface area contributed by atoms with E-state index < -0.39 is 12.0 Å². The van der Waals surface area contributed by atoms with Crippen molar-refractivity contribution in [3.05, 3.63) is 34.9 Å². The van der Waals surface area contributed by atoms with Gasteiger partial charge in [-0.25, -0.2) is 4.79 Å². The van der Waals surface area contributed by atoms with E-state index in [-0.39, 0.29) is 17.0 Å². The number of carbonyl (C=O) groups excluding carboxylic acids is 1. The second-order valence-electron chi connectivity index (χ2n) is 4.88. The summed E-state index contributed by atoms with van der Waals surface area (Å²) in [6.07, 6.45) is 1.83. The zero-order valence-corrected chi connectivity index (χ0v) is 13.4. The highest BCUT2D eigenvalue weighted by molar-refractivity contribution is 8.06. The lowest BCUT2D eigenvalue weighted by Gasteiger charge is -2.47. The second kappa shape index (κ2) is 6.16. The summed E-state index contributed by atoms with van der Waals surface area (Å²) in [7, 11) is 0. The number of benzene rings is 1. The van der Waals surface area contributed by atoms with Crippen molar-refractivity contribution in [2.24, 2.45) is 5.73 Å². The van der Waals surface area contributed by atoms with Gasteiger partial charge in [-0.05, 0) is 24.3 Å². The van der Waals surface area contributed by atoms with Gasteiger partial charge in [-0.1, -0.05) is 11.8 Å². The van der Waals surface area contributed by atoms with Crippen molar-refractivity contribution in [2.75, 3.05) is 11.1 Å². The van der Waals surface area contributed by atoms with Crippen molar-refractivity contribution in [3.8, 4) is 6.19 Å². The normalized spacial score (nSPS) is 23.0. The Labute approximate surface area is 140 Å². The van der Waals surface area contributed by atoms with Gasteiger partial charge in [0.25, 0.3) is 0 Å². The molecule has 2 atom stereocenters. The van der Waals surface area contributed by atoms with E-state index in [0.29, 0.717) is 16.3 Å². The number of amides is 1. The summed E-state index contributed by atoms with van der Waals surface area (Å²) in [5, 5.41) is 20.3. The second-order valence-corrected chi connectivity index (χ2v) is 7.15. The molecule has 0 aromatic heterocycles. The lowest BCUT2D eigenvalue weighted by Crippen LogP contribution is -2.68. The van der Waals surface area contributed by atoms with Gasteiger partial charge in [-0.15, -0.1) is 11.8 Å². The number of carboxylic acids is 1. The van der Waals surface area contributed by atoms with Gasteiger partial charge < -0.3 is 10.8 Å². The number of fused-ring (bicyclic) bond motifs is 1. The largest absolute Gasteiger partial charge is 0.477 e. The molecule has 1 saturated heterocycles. The highest BCUT2D eigenvalue weighted by Crippen LogP contribution is 2.44. The van der Waals surface area contributed by atoms with Crippen LogP contribution in [0.3, 0.4) is 0 Å². The average Bonchev–Trinajstić information content (AvgIpc) is 2.55. The molecule has 1 amide bonds. The van der Waals surface area contributed by atoms with Crippen LogP contribution in [-0.2, 0) is 9.59 Å². The number of carboxylic acid groups (broad SMARTS) is 1. The van der Waals surface area contributed by atoms with Gasteiger partial charge in [0.1, 0.15) is 17.1 Å². The van der Waals surface area contributed by atoms with Gasteiger partial charge >= 0.3 is 5.97 Å². The van der Waals surface area contributed by atoms with Crippen LogP contribution in [0.25, 0.3) is 0 Å². The number of hydrogen-bond acceptors (Lipinski definition) is 7. The SMILES string of the molecule is N#CNc1ccc(SC2=C(C(=O)O)N3C(=O)[C@@H](N)[C@H]3SC2)cc1. The number of carbonyl (C=O) groups is 2. The molecule has 118 valence electrons. The van der Waals surface area contributed by atoms with Crippen LogP contribution in [0.15, 0.2) is 39.8 Å². The summed E-state index contributed by atoms with van der Waals surface area (Å²) in [6, 6.07) is 6.41. The first kappa shape index (κ1) is 15.7. The van der Waals surface area contributed by atoms with E-state index >= 15 is 0 Å². The molecule has 7 nitrogen and oxygen atoms in total. The molecule has 1 fully saturated rings. The molecule has 23 heavy (non-hydrogen) atoms. The van der Waals surface area contributed by atoms with Gasteiger partial charge in [-0.2, -0.15) is 5.26 Å². The fraction of sp³-hybridized carbons (Fsp3) is 0.214. The summed E-state index contributed by atoms with van der Waals surface area (Å²) in [5.41, 5.74) is 6.39. The van der Waals surface area contributed by atoms with Crippen LogP contribution in [0.2, 0.25) is 0 Å². The average molecular weight is 348 g/mol. The highest BCUT2D eigenvalue weighted by Gasteiger charge is 2.51. The standard InChI is InChI=1S/C14H12N4O3S2/c15-6-17-7-1-3-8(4-2-7)23-9-5-22-13-10(16)12(19)18(13)11(9)14(20)21/h1-4,10,13,17H,5,16H2,(H,20,21)/t10-,13-/m1/s1. The molecule has 1 aromatic rings. The predicted octanol–water partition coefficient (Wildman–Crippen LogP) is 1.21. The van der Waals surface area contributed by atoms with E-state index in [1.165, 1.54) is 28.4 Å². The Morgan fingerprint density at radius 2 is 2.17 bits per heavy atom. The highest BCUT2D eigenvalue weighted by atomic mass is 32.2. The van der Waals surface area contributed by atoms with Gasteiger partial charge in [0, 0.05) is 21.2 Å². The van der Waals surface area contributed by atoms with E-state index in [1.54, 1.807) is 24.3 Å². The van der Waals surface area contributed by atoms with Crippen molar-refractivity contribution in [1.82, 2.24) is 4.90 Å². The van der Waals surface area contributed by atoms with Gasteiger partial charge in [0.15, 0.2) is 6.19 Å². The first-order valence-corrected chi connectivity index (χ1v) is 8.49. The van der Waals surface area contributed by atoms with E-state index in [1.807, 2.05) is 6.19 Å². The fourth-order valence-corrected chi connectivity index (χ4v) is 4.80. The number of nitriles is 1. The first-order chi connectivity index (χ1) is 11.0. The molecular weight excluding hydrogens is 336 g/mol. The molecule has 2 aliphatic rings. The van der Waals surface area contributed by atoms with Crippen molar-refractivity contribution in [3.63, 3.8) is 0 Å². The monoisotopic (exact) mass is 348 g/mol. The molecule has 1 aromatic carbocycles. The predicted molar refractivity (Wildman–Crippen MR) is 87.3 cm³/mol. The van der Waals surface area contributed by atoms with Crippen LogP contribution in [0.5, 0.6) is 0 Å². The number of thioether (sulfide) groups is 2. The quantitative estimate of drug-likeness (QED) is 0.422. The lowest BCUT2D eigenvalue weighted by atomic mass is 10.1. The zero-order valence-electron chi connectivity index (χ0n) is 11.7. The molecule has 0 spiro atoms. The van der Waals surface area contributed by atoms with Gasteiger partial charge in [0.2, 0.25) is 5.91 Å². The topological polar surface area (TPSA) is 119 Å². The number of β-lactam (4-membered cyclic amide) rings is 1. The van der Waals surface area contributed by atoms with Crippen molar-refractivity contribution in [1.29, 1.82) is 5.26 Å². The molecule has 9 heteroatoms. The van der Waals surface area contributed by atoms with E-state index in [9.17, 15) is 14.7 Å². The zero-order chi connectivity index (χ0) is 16.6.